The number of benzene rings is 5. The van der Waals surface area contributed by atoms with Gasteiger partial charge >= 0.3 is 5.97 Å². The Morgan fingerprint density at radius 2 is 1.58 bits per heavy atom. The van der Waals surface area contributed by atoms with Gasteiger partial charge in [-0.1, -0.05) is 54.1 Å². The summed E-state index contributed by atoms with van der Waals surface area (Å²) >= 11 is 7.97. The molecular weight excluding hydrogens is 866 g/mol. The molecule has 1 unspecified atom stereocenters. The van der Waals surface area contributed by atoms with E-state index in [1.165, 1.54) is 6.07 Å². The van der Waals surface area contributed by atoms with Crippen LogP contribution in [0.25, 0.3) is 22.4 Å². The number of rotatable bonds is 17. The lowest BCUT2D eigenvalue weighted by Crippen LogP contribution is -2.46. The van der Waals surface area contributed by atoms with Gasteiger partial charge in [-0.3, -0.25) is 10.1 Å². The summed E-state index contributed by atoms with van der Waals surface area (Å²) in [4.78, 5) is 33.0. The number of hydrogen-bond donors (Lipinski definition) is 3. The minimum absolute atomic E-state index is 0.0299. The molecule has 2 atom stereocenters. The van der Waals surface area contributed by atoms with E-state index in [0.717, 1.165) is 115 Å². The lowest BCUT2D eigenvalue weighted by Gasteiger charge is -2.37. The van der Waals surface area contributed by atoms with Crippen molar-refractivity contribution in [3.05, 3.63) is 148 Å². The summed E-state index contributed by atoms with van der Waals surface area (Å²) in [7, 11) is 2.27. The topological polar surface area (TPSA) is 136 Å². The molecule has 5 aromatic carbocycles. The summed E-state index contributed by atoms with van der Waals surface area (Å²) in [6.07, 6.45) is 3.47. The Balaban J connectivity index is 0.917. The molecule has 1 aromatic heterocycles. The van der Waals surface area contributed by atoms with Crippen molar-refractivity contribution < 1.29 is 19.0 Å². The van der Waals surface area contributed by atoms with Crippen LogP contribution in [0.15, 0.2) is 131 Å². The van der Waals surface area contributed by atoms with Crippen molar-refractivity contribution >= 4 is 68.8 Å². The zero-order valence-corrected chi connectivity index (χ0v) is 38.3. The number of carboxylic acids is 1. The first kappa shape index (κ1) is 44.8. The second-order valence-electron chi connectivity index (χ2n) is 16.4. The fourth-order valence-electron chi connectivity index (χ4n) is 8.59. The first-order valence-corrected chi connectivity index (χ1v) is 24.0. The summed E-state index contributed by atoms with van der Waals surface area (Å²) in [6.45, 7) is 4.66. The number of fused-ring (bicyclic) bond motifs is 1. The molecule has 0 aliphatic carbocycles. The quantitative estimate of drug-likeness (QED) is 0.0461. The van der Waals surface area contributed by atoms with Gasteiger partial charge in [0.25, 0.3) is 5.69 Å². The number of carbonyl (C=O) groups is 1. The van der Waals surface area contributed by atoms with E-state index in [4.69, 9.17) is 11.6 Å². The van der Waals surface area contributed by atoms with Gasteiger partial charge in [-0.25, -0.2) is 9.00 Å². The Bertz CT molecular complexity index is 2620. The Kier molecular flexibility index (Phi) is 14.2. The van der Waals surface area contributed by atoms with Gasteiger partial charge in [-0.2, -0.15) is 0 Å². The smallest absolute Gasteiger partial charge is 0.338 e. The predicted molar refractivity (Wildman–Crippen MR) is 262 cm³/mol. The Hall–Kier alpha value is -5.80. The number of hydrogen-bond acceptors (Lipinski definition) is 9. The van der Waals surface area contributed by atoms with Crippen LogP contribution in [0.1, 0.15) is 35.3 Å². The van der Waals surface area contributed by atoms with Crippen LogP contribution in [-0.2, 0) is 24.0 Å². The Morgan fingerprint density at radius 3 is 2.27 bits per heavy atom. The third-order valence-electron chi connectivity index (χ3n) is 11.8. The number of nitro groups is 1. The second kappa shape index (κ2) is 20.4. The maximum absolute atomic E-state index is 13.5. The molecule has 3 heterocycles. The number of nitro benzene ring substituents is 1. The SMILES string of the molecule is CN(C)CC[C@H](CSc1ccccc1)Nc1ccc(S(=O)Nc2ccc(N3CCN(c4cccc(-c5c(C(=O)O)c6n(c5-c5ccc(Cl)cc5)CCCC6)c4)CC3)cc2)cc1[N+](=O)[O-]. The molecule has 0 radical (unpaired) electrons. The summed E-state index contributed by atoms with van der Waals surface area (Å²) in [5, 5.41) is 26.9. The fourth-order valence-corrected chi connectivity index (χ4v) is 10.6. The first-order valence-electron chi connectivity index (χ1n) is 21.5. The summed E-state index contributed by atoms with van der Waals surface area (Å²) < 4.78 is 18.8. The van der Waals surface area contributed by atoms with Crippen molar-refractivity contribution in [3.63, 3.8) is 0 Å². The molecule has 3 N–H and O–H groups in total. The van der Waals surface area contributed by atoms with Crippen molar-refractivity contribution in [2.24, 2.45) is 0 Å². The molecule has 0 amide bonds. The number of carboxylic acid groups (broad SMARTS) is 1. The van der Waals surface area contributed by atoms with Crippen LogP contribution in [0.5, 0.6) is 0 Å². The number of halogens is 1. The van der Waals surface area contributed by atoms with Crippen LogP contribution >= 0.6 is 23.4 Å². The zero-order chi connectivity index (χ0) is 44.7. The second-order valence-corrected chi connectivity index (χ2v) is 19.1. The normalized spacial score (nSPS) is 14.8. The molecule has 1 saturated heterocycles. The van der Waals surface area contributed by atoms with Crippen LogP contribution in [0.3, 0.4) is 0 Å². The van der Waals surface area contributed by atoms with Crippen LogP contribution in [-0.4, -0.2) is 88.3 Å². The highest BCUT2D eigenvalue weighted by Gasteiger charge is 2.31. The average molecular weight is 919 g/mol. The van der Waals surface area contributed by atoms with E-state index in [0.29, 0.717) is 26.9 Å². The van der Waals surface area contributed by atoms with Crippen LogP contribution in [0, 0.1) is 10.1 Å². The van der Waals surface area contributed by atoms with Crippen LogP contribution in [0.4, 0.5) is 28.4 Å². The maximum Gasteiger partial charge on any atom is 0.338 e. The molecule has 15 heteroatoms. The minimum Gasteiger partial charge on any atom is -0.478 e. The molecule has 1 fully saturated rings. The van der Waals surface area contributed by atoms with Gasteiger partial charge in [0.1, 0.15) is 5.69 Å². The van der Waals surface area contributed by atoms with Gasteiger partial charge in [-0.05, 0) is 130 Å². The van der Waals surface area contributed by atoms with Gasteiger partial charge in [0.05, 0.1) is 21.1 Å². The Labute approximate surface area is 386 Å². The number of anilines is 4. The molecule has 0 bridgehead atoms. The van der Waals surface area contributed by atoms with Gasteiger partial charge < -0.3 is 34.4 Å². The highest BCUT2D eigenvalue weighted by atomic mass is 35.5. The van der Waals surface area contributed by atoms with E-state index >= 15 is 0 Å². The third kappa shape index (κ3) is 10.4. The van der Waals surface area contributed by atoms with E-state index < -0.39 is 21.9 Å². The van der Waals surface area contributed by atoms with Crippen molar-refractivity contribution in [1.29, 1.82) is 0 Å². The Morgan fingerprint density at radius 1 is 0.859 bits per heavy atom. The van der Waals surface area contributed by atoms with E-state index in [2.05, 4.69) is 53.6 Å². The van der Waals surface area contributed by atoms with Crippen molar-refractivity contribution in [3.8, 4) is 22.4 Å². The van der Waals surface area contributed by atoms with E-state index in [1.54, 1.807) is 23.9 Å². The first-order chi connectivity index (χ1) is 31.0. The number of thioether (sulfide) groups is 1. The summed E-state index contributed by atoms with van der Waals surface area (Å²) in [5.41, 5.74) is 7.75. The highest BCUT2D eigenvalue weighted by Crippen LogP contribution is 2.43. The molecular formula is C49H52ClN7O5S2. The van der Waals surface area contributed by atoms with Crippen molar-refractivity contribution in [2.45, 2.75) is 48.1 Å². The molecule has 8 rings (SSSR count). The minimum atomic E-state index is -1.74. The highest BCUT2D eigenvalue weighted by molar-refractivity contribution is 7.99. The summed E-state index contributed by atoms with van der Waals surface area (Å²) in [6, 6.07) is 38.4. The number of nitrogens with zero attached hydrogens (tertiary/aromatic N) is 5. The summed E-state index contributed by atoms with van der Waals surface area (Å²) in [5.74, 6) is -0.183. The van der Waals surface area contributed by atoms with Crippen molar-refractivity contribution in [2.75, 3.05) is 72.4 Å². The van der Waals surface area contributed by atoms with Crippen LogP contribution in [0.2, 0.25) is 5.02 Å². The molecule has 2 aliphatic heterocycles. The fraction of sp³-hybridized carbons (Fsp3) is 0.286. The maximum atomic E-state index is 13.5. The van der Waals surface area contributed by atoms with Crippen molar-refractivity contribution in [1.82, 2.24) is 9.47 Å². The van der Waals surface area contributed by atoms with E-state index in [-0.39, 0.29) is 11.7 Å². The number of nitrogens with one attached hydrogen (secondary N) is 2. The number of piperazine rings is 1. The monoisotopic (exact) mass is 917 g/mol. The van der Waals surface area contributed by atoms with Gasteiger partial charge in [-0.15, -0.1) is 11.8 Å². The molecule has 6 aromatic rings. The third-order valence-corrected chi connectivity index (χ3v) is 14.4. The molecule has 332 valence electrons. The van der Waals surface area contributed by atoms with E-state index in [1.807, 2.05) is 93.0 Å². The number of aromatic carboxylic acids is 1. The number of aromatic nitrogens is 1. The van der Waals surface area contributed by atoms with E-state index in [9.17, 15) is 24.2 Å². The predicted octanol–water partition coefficient (Wildman–Crippen LogP) is 10.4. The largest absolute Gasteiger partial charge is 0.478 e. The van der Waals surface area contributed by atoms with Gasteiger partial charge in [0.15, 0.2) is 11.0 Å². The molecule has 64 heavy (non-hydrogen) atoms. The van der Waals surface area contributed by atoms with Gasteiger partial charge in [0.2, 0.25) is 0 Å². The lowest BCUT2D eigenvalue weighted by atomic mass is 9.95. The van der Waals surface area contributed by atoms with Gasteiger partial charge in [0, 0.05) is 88.8 Å². The standard InChI is InChI=1S/C49H52ClN7O5S2/c1-53(2)26-24-38(33-63-41-11-4-3-5-12-41)51-43-23-22-42(32-45(43)57(60)61)64(62)52-37-18-20-39(21-19-37)54-27-29-55(30-28-54)40-10-8-9-35(31-40)46-47(49(58)59)44-13-6-7-25-56(44)48(46)34-14-16-36(50)17-15-34/h3-5,8-12,14-23,31-32,38,51-52H,6-7,13,24-30,33H2,1-2H3,(H,58,59)/t38-,64?/m1/s1. The molecule has 12 nitrogen and oxygen atoms in total. The molecule has 2 aliphatic rings. The molecule has 0 spiro atoms. The zero-order valence-electron chi connectivity index (χ0n) is 35.9. The van der Waals surface area contributed by atoms with Crippen LogP contribution < -0.4 is 19.8 Å². The lowest BCUT2D eigenvalue weighted by molar-refractivity contribution is -0.384. The molecule has 0 saturated carbocycles. The average Bonchev–Trinajstić information content (AvgIpc) is 3.66.